The van der Waals surface area contributed by atoms with Gasteiger partial charge in [-0.1, -0.05) is 12.1 Å². The van der Waals surface area contributed by atoms with E-state index < -0.39 is 10.9 Å². The zero-order chi connectivity index (χ0) is 15.6. The van der Waals surface area contributed by atoms with E-state index in [1.165, 1.54) is 18.3 Å². The van der Waals surface area contributed by atoms with Crippen molar-refractivity contribution in [2.45, 2.75) is 13.8 Å². The summed E-state index contributed by atoms with van der Waals surface area (Å²) >= 11 is 0. The van der Waals surface area contributed by atoms with Gasteiger partial charge >= 0.3 is 11.7 Å². The molecular weight excluding hydrogens is 276 g/mol. The lowest BCUT2D eigenvalue weighted by Crippen LogP contribution is -2.03. The lowest BCUT2D eigenvalue weighted by atomic mass is 10.1. The van der Waals surface area contributed by atoms with E-state index in [4.69, 9.17) is 9.84 Å². The Morgan fingerprint density at radius 3 is 2.71 bits per heavy atom. The second-order valence-corrected chi connectivity index (χ2v) is 4.45. The maximum Gasteiger partial charge on any atom is 0.339 e. The van der Waals surface area contributed by atoms with E-state index in [9.17, 15) is 14.9 Å². The number of hydrogen-bond donors (Lipinski definition) is 1. The molecule has 0 aliphatic rings. The van der Waals surface area contributed by atoms with Crippen LogP contribution in [0, 0.1) is 24.0 Å². The number of carboxylic acid groups (broad SMARTS) is 1. The van der Waals surface area contributed by atoms with Crippen molar-refractivity contribution in [1.82, 2.24) is 4.98 Å². The zero-order valence-corrected chi connectivity index (χ0v) is 11.4. The molecule has 1 aromatic heterocycles. The molecule has 0 amide bonds. The van der Waals surface area contributed by atoms with E-state index in [0.717, 1.165) is 0 Å². The fraction of sp³-hybridized carbons (Fsp3) is 0.143. The van der Waals surface area contributed by atoms with Crippen LogP contribution in [0.4, 0.5) is 5.69 Å². The number of para-hydroxylation sites is 1. The Bertz CT molecular complexity index is 727. The first-order valence-corrected chi connectivity index (χ1v) is 6.02. The first-order chi connectivity index (χ1) is 9.90. The number of pyridine rings is 1. The number of hydrogen-bond acceptors (Lipinski definition) is 5. The number of ether oxygens (including phenoxy) is 1. The van der Waals surface area contributed by atoms with Crippen LogP contribution in [-0.4, -0.2) is 21.0 Å². The number of aryl methyl sites for hydroxylation is 2. The van der Waals surface area contributed by atoms with Crippen molar-refractivity contribution in [1.29, 1.82) is 0 Å². The van der Waals surface area contributed by atoms with Gasteiger partial charge in [0.2, 0.25) is 0 Å². The Morgan fingerprint density at radius 1 is 1.38 bits per heavy atom. The van der Waals surface area contributed by atoms with Crippen LogP contribution in [-0.2, 0) is 0 Å². The molecule has 0 bridgehead atoms. The number of aromatic carboxylic acids is 1. The van der Waals surface area contributed by atoms with Crippen molar-refractivity contribution in [3.63, 3.8) is 0 Å². The van der Waals surface area contributed by atoms with Crippen molar-refractivity contribution in [2.75, 3.05) is 0 Å². The van der Waals surface area contributed by atoms with Gasteiger partial charge in [0.15, 0.2) is 0 Å². The van der Waals surface area contributed by atoms with E-state index in [1.54, 1.807) is 26.0 Å². The quantitative estimate of drug-likeness (QED) is 0.685. The molecule has 0 aliphatic heterocycles. The van der Waals surface area contributed by atoms with Crippen LogP contribution in [0.5, 0.6) is 11.6 Å². The molecule has 1 aromatic carbocycles. The highest BCUT2D eigenvalue weighted by molar-refractivity contribution is 5.91. The SMILES string of the molecule is Cc1cnc(Oc2c(C)cccc2C(=O)O)c([N+](=O)[O-])c1. The Morgan fingerprint density at radius 2 is 2.10 bits per heavy atom. The molecule has 108 valence electrons. The van der Waals surface area contributed by atoms with Crippen LogP contribution in [0.25, 0.3) is 0 Å². The standard InChI is InChI=1S/C14H12N2O5/c1-8-6-11(16(19)20)13(15-7-8)21-12-9(2)4-3-5-10(12)14(17)18/h3-7H,1-2H3,(H,17,18). The van der Waals surface area contributed by atoms with Crippen LogP contribution in [0.1, 0.15) is 21.5 Å². The number of carboxylic acids is 1. The molecule has 0 fully saturated rings. The van der Waals surface area contributed by atoms with Gasteiger partial charge in [0.05, 0.1) is 4.92 Å². The molecule has 0 saturated heterocycles. The smallest absolute Gasteiger partial charge is 0.339 e. The first-order valence-electron chi connectivity index (χ1n) is 6.02. The van der Waals surface area contributed by atoms with Gasteiger partial charge in [-0.15, -0.1) is 0 Å². The monoisotopic (exact) mass is 288 g/mol. The van der Waals surface area contributed by atoms with Crippen LogP contribution >= 0.6 is 0 Å². The van der Waals surface area contributed by atoms with Gasteiger partial charge in [-0.05, 0) is 31.0 Å². The lowest BCUT2D eigenvalue weighted by molar-refractivity contribution is -0.386. The van der Waals surface area contributed by atoms with Gasteiger partial charge < -0.3 is 9.84 Å². The third kappa shape index (κ3) is 2.97. The van der Waals surface area contributed by atoms with Gasteiger partial charge in [0.25, 0.3) is 5.88 Å². The average Bonchev–Trinajstić information content (AvgIpc) is 2.42. The summed E-state index contributed by atoms with van der Waals surface area (Å²) in [7, 11) is 0. The number of aromatic nitrogens is 1. The Kier molecular flexibility index (Phi) is 3.84. The summed E-state index contributed by atoms with van der Waals surface area (Å²) in [6.45, 7) is 3.32. The minimum Gasteiger partial charge on any atom is -0.478 e. The third-order valence-corrected chi connectivity index (χ3v) is 2.81. The average molecular weight is 288 g/mol. The minimum absolute atomic E-state index is 0.0458. The van der Waals surface area contributed by atoms with Crippen molar-refractivity contribution >= 4 is 11.7 Å². The molecule has 0 radical (unpaired) electrons. The predicted octanol–water partition coefficient (Wildman–Crippen LogP) is 3.10. The van der Waals surface area contributed by atoms with E-state index in [0.29, 0.717) is 11.1 Å². The van der Waals surface area contributed by atoms with Gasteiger partial charge in [0, 0.05) is 12.3 Å². The highest BCUT2D eigenvalue weighted by atomic mass is 16.6. The van der Waals surface area contributed by atoms with E-state index in [2.05, 4.69) is 4.98 Å². The summed E-state index contributed by atoms with van der Waals surface area (Å²) in [5, 5.41) is 20.2. The van der Waals surface area contributed by atoms with E-state index in [1.807, 2.05) is 0 Å². The molecule has 21 heavy (non-hydrogen) atoms. The molecule has 1 N–H and O–H groups in total. The van der Waals surface area contributed by atoms with E-state index >= 15 is 0 Å². The summed E-state index contributed by atoms with van der Waals surface area (Å²) in [6.07, 6.45) is 1.42. The highest BCUT2D eigenvalue weighted by Gasteiger charge is 2.21. The zero-order valence-electron chi connectivity index (χ0n) is 11.4. The summed E-state index contributed by atoms with van der Waals surface area (Å²) in [5.41, 5.74) is 0.769. The number of nitrogens with zero attached hydrogens (tertiary/aromatic N) is 2. The Hall–Kier alpha value is -2.96. The molecule has 1 heterocycles. The predicted molar refractivity (Wildman–Crippen MR) is 73.8 cm³/mol. The molecule has 0 atom stereocenters. The molecular formula is C14H12N2O5. The topological polar surface area (TPSA) is 103 Å². The van der Waals surface area contributed by atoms with Crippen LogP contribution in [0.2, 0.25) is 0 Å². The molecule has 2 rings (SSSR count). The van der Waals surface area contributed by atoms with Crippen molar-refractivity contribution in [3.05, 3.63) is 57.3 Å². The van der Waals surface area contributed by atoms with Gasteiger partial charge in [0.1, 0.15) is 11.3 Å². The summed E-state index contributed by atoms with van der Waals surface area (Å²) in [6, 6.07) is 5.91. The number of rotatable bonds is 4. The summed E-state index contributed by atoms with van der Waals surface area (Å²) < 4.78 is 5.42. The largest absolute Gasteiger partial charge is 0.478 e. The maximum absolute atomic E-state index is 11.2. The van der Waals surface area contributed by atoms with Crippen LogP contribution in [0.15, 0.2) is 30.5 Å². The number of carbonyl (C=O) groups is 1. The van der Waals surface area contributed by atoms with Gasteiger partial charge in [-0.3, -0.25) is 10.1 Å². The minimum atomic E-state index is -1.18. The van der Waals surface area contributed by atoms with Crippen molar-refractivity contribution in [2.24, 2.45) is 0 Å². The molecule has 7 nitrogen and oxygen atoms in total. The fourth-order valence-electron chi connectivity index (χ4n) is 1.80. The molecule has 0 saturated carbocycles. The fourth-order valence-corrected chi connectivity index (χ4v) is 1.80. The van der Waals surface area contributed by atoms with Crippen LogP contribution in [0.3, 0.4) is 0 Å². The molecule has 0 aliphatic carbocycles. The lowest BCUT2D eigenvalue weighted by Gasteiger charge is -2.11. The van der Waals surface area contributed by atoms with Gasteiger partial charge in [-0.2, -0.15) is 0 Å². The van der Waals surface area contributed by atoms with E-state index in [-0.39, 0.29) is 22.9 Å². The highest BCUT2D eigenvalue weighted by Crippen LogP contribution is 2.33. The molecule has 2 aromatic rings. The normalized spacial score (nSPS) is 10.2. The third-order valence-electron chi connectivity index (χ3n) is 2.81. The second-order valence-electron chi connectivity index (χ2n) is 4.45. The van der Waals surface area contributed by atoms with Crippen LogP contribution < -0.4 is 4.74 Å². The van der Waals surface area contributed by atoms with Crippen molar-refractivity contribution < 1.29 is 19.6 Å². The first kappa shape index (κ1) is 14.4. The summed E-state index contributed by atoms with van der Waals surface area (Å²) in [4.78, 5) is 25.5. The molecule has 0 spiro atoms. The van der Waals surface area contributed by atoms with Gasteiger partial charge in [-0.25, -0.2) is 9.78 Å². The molecule has 7 heteroatoms. The number of nitro groups is 1. The second kappa shape index (κ2) is 5.58. The maximum atomic E-state index is 11.2. The number of benzene rings is 1. The van der Waals surface area contributed by atoms with Crippen molar-refractivity contribution in [3.8, 4) is 11.6 Å². The Labute approximate surface area is 120 Å². The Balaban J connectivity index is 2.53. The molecule has 0 unspecified atom stereocenters. The summed E-state index contributed by atoms with van der Waals surface area (Å²) in [5.74, 6) is -1.37.